The first-order valence-electron chi connectivity index (χ1n) is 5.51. The number of rotatable bonds is 6. The SMILES string of the molecule is CC(CC(=O)O)SCc1cncn1C1CC1. The van der Waals surface area contributed by atoms with Gasteiger partial charge in [-0.15, -0.1) is 0 Å². The van der Waals surface area contributed by atoms with Crippen LogP contribution < -0.4 is 0 Å². The molecule has 1 aromatic heterocycles. The molecule has 5 heteroatoms. The van der Waals surface area contributed by atoms with E-state index in [1.54, 1.807) is 11.8 Å². The molecule has 1 fully saturated rings. The van der Waals surface area contributed by atoms with Crippen LogP contribution >= 0.6 is 11.8 Å². The number of hydrogen-bond donors (Lipinski definition) is 1. The Labute approximate surface area is 99.1 Å². The second-order valence-corrected chi connectivity index (χ2v) is 5.67. The number of aliphatic carboxylic acids is 1. The lowest BCUT2D eigenvalue weighted by Crippen LogP contribution is -2.07. The number of carboxylic acids is 1. The molecule has 1 saturated carbocycles. The lowest BCUT2D eigenvalue weighted by atomic mass is 10.3. The van der Waals surface area contributed by atoms with Crippen LogP contribution in [0.4, 0.5) is 0 Å². The largest absolute Gasteiger partial charge is 0.481 e. The Bertz CT molecular complexity index is 374. The molecule has 0 aromatic carbocycles. The van der Waals surface area contributed by atoms with E-state index in [2.05, 4.69) is 9.55 Å². The van der Waals surface area contributed by atoms with E-state index < -0.39 is 5.97 Å². The van der Waals surface area contributed by atoms with Crippen molar-refractivity contribution in [2.75, 3.05) is 0 Å². The van der Waals surface area contributed by atoms with E-state index in [9.17, 15) is 4.79 Å². The van der Waals surface area contributed by atoms with Crippen molar-refractivity contribution in [3.8, 4) is 0 Å². The monoisotopic (exact) mass is 240 g/mol. The molecular weight excluding hydrogens is 224 g/mol. The molecule has 16 heavy (non-hydrogen) atoms. The number of nitrogens with zero attached hydrogens (tertiary/aromatic N) is 2. The Balaban J connectivity index is 1.84. The molecule has 0 aliphatic heterocycles. The summed E-state index contributed by atoms with van der Waals surface area (Å²) in [4.78, 5) is 14.7. The van der Waals surface area contributed by atoms with Gasteiger partial charge in [-0.05, 0) is 12.8 Å². The fraction of sp³-hybridized carbons (Fsp3) is 0.636. The van der Waals surface area contributed by atoms with Gasteiger partial charge in [0.25, 0.3) is 0 Å². The maximum atomic E-state index is 10.5. The second kappa shape index (κ2) is 4.91. The van der Waals surface area contributed by atoms with Gasteiger partial charge >= 0.3 is 5.97 Å². The number of carbonyl (C=O) groups is 1. The maximum Gasteiger partial charge on any atom is 0.304 e. The van der Waals surface area contributed by atoms with Crippen LogP contribution in [0.2, 0.25) is 0 Å². The predicted octanol–water partition coefficient (Wildman–Crippen LogP) is 2.31. The van der Waals surface area contributed by atoms with Gasteiger partial charge < -0.3 is 9.67 Å². The van der Waals surface area contributed by atoms with Gasteiger partial charge in [-0.25, -0.2) is 4.98 Å². The fourth-order valence-corrected chi connectivity index (χ4v) is 2.60. The molecule has 1 aliphatic rings. The minimum Gasteiger partial charge on any atom is -0.481 e. The molecule has 2 rings (SSSR count). The van der Waals surface area contributed by atoms with Gasteiger partial charge in [0, 0.05) is 28.9 Å². The summed E-state index contributed by atoms with van der Waals surface area (Å²) in [6.45, 7) is 1.95. The van der Waals surface area contributed by atoms with Gasteiger partial charge in [0.15, 0.2) is 0 Å². The van der Waals surface area contributed by atoms with Crippen molar-refractivity contribution >= 4 is 17.7 Å². The molecule has 1 aliphatic carbocycles. The molecule has 1 N–H and O–H groups in total. The van der Waals surface area contributed by atoms with Crippen LogP contribution in [-0.2, 0) is 10.5 Å². The highest BCUT2D eigenvalue weighted by atomic mass is 32.2. The highest BCUT2D eigenvalue weighted by Gasteiger charge is 2.25. The van der Waals surface area contributed by atoms with Crippen molar-refractivity contribution in [3.05, 3.63) is 18.2 Å². The molecular formula is C11H16N2O2S. The topological polar surface area (TPSA) is 55.1 Å². The summed E-state index contributed by atoms with van der Waals surface area (Å²) in [5, 5.41) is 8.82. The van der Waals surface area contributed by atoms with Crippen LogP contribution in [0.3, 0.4) is 0 Å². The molecule has 0 spiro atoms. The van der Waals surface area contributed by atoms with Crippen LogP contribution in [0.1, 0.15) is 37.9 Å². The third-order valence-corrected chi connectivity index (χ3v) is 3.86. The summed E-state index contributed by atoms with van der Waals surface area (Å²) in [6, 6.07) is 0.646. The third-order valence-electron chi connectivity index (χ3n) is 2.66. The average molecular weight is 240 g/mol. The summed E-state index contributed by atoms with van der Waals surface area (Å²) < 4.78 is 2.22. The molecule has 1 unspecified atom stereocenters. The summed E-state index contributed by atoms with van der Waals surface area (Å²) in [5.41, 5.74) is 1.21. The standard InChI is InChI=1S/C11H16N2O2S/c1-8(4-11(14)15)16-6-10-5-12-7-13(10)9-2-3-9/h5,7-9H,2-4,6H2,1H3,(H,14,15). The molecule has 0 amide bonds. The number of hydrogen-bond acceptors (Lipinski definition) is 3. The fourth-order valence-electron chi connectivity index (χ4n) is 1.66. The summed E-state index contributed by atoms with van der Waals surface area (Å²) in [7, 11) is 0. The minimum absolute atomic E-state index is 0.153. The number of imidazole rings is 1. The first kappa shape index (κ1) is 11.5. The van der Waals surface area contributed by atoms with E-state index in [1.807, 2.05) is 19.4 Å². The Morgan fingerprint density at radius 2 is 2.50 bits per heavy atom. The zero-order chi connectivity index (χ0) is 11.5. The van der Waals surface area contributed by atoms with Gasteiger partial charge in [0.2, 0.25) is 0 Å². The number of thioether (sulfide) groups is 1. The molecule has 1 aromatic rings. The smallest absolute Gasteiger partial charge is 0.304 e. The van der Waals surface area contributed by atoms with E-state index in [1.165, 1.54) is 18.5 Å². The molecule has 4 nitrogen and oxygen atoms in total. The third kappa shape index (κ3) is 3.01. The van der Waals surface area contributed by atoms with Crippen molar-refractivity contribution < 1.29 is 9.90 Å². The lowest BCUT2D eigenvalue weighted by Gasteiger charge is -2.10. The van der Waals surface area contributed by atoms with E-state index in [0.29, 0.717) is 6.04 Å². The maximum absolute atomic E-state index is 10.5. The van der Waals surface area contributed by atoms with Gasteiger partial charge in [-0.3, -0.25) is 4.79 Å². The first-order valence-corrected chi connectivity index (χ1v) is 6.56. The number of aromatic nitrogens is 2. The van der Waals surface area contributed by atoms with Crippen LogP contribution in [-0.4, -0.2) is 25.9 Å². The second-order valence-electron chi connectivity index (χ2n) is 4.24. The molecule has 1 atom stereocenters. The van der Waals surface area contributed by atoms with E-state index >= 15 is 0 Å². The van der Waals surface area contributed by atoms with Gasteiger partial charge in [-0.2, -0.15) is 11.8 Å². The van der Waals surface area contributed by atoms with Crippen molar-refractivity contribution in [2.24, 2.45) is 0 Å². The molecule has 88 valence electrons. The molecule has 1 heterocycles. The van der Waals surface area contributed by atoms with Gasteiger partial charge in [-0.1, -0.05) is 6.92 Å². The Morgan fingerprint density at radius 3 is 3.12 bits per heavy atom. The lowest BCUT2D eigenvalue weighted by molar-refractivity contribution is -0.136. The van der Waals surface area contributed by atoms with Crippen LogP contribution in [0.5, 0.6) is 0 Å². The minimum atomic E-state index is -0.726. The average Bonchev–Trinajstić information content (AvgIpc) is 2.94. The zero-order valence-corrected chi connectivity index (χ0v) is 10.1. The Morgan fingerprint density at radius 1 is 1.75 bits per heavy atom. The van der Waals surface area contributed by atoms with E-state index in [4.69, 9.17) is 5.11 Å². The van der Waals surface area contributed by atoms with Crippen molar-refractivity contribution in [2.45, 2.75) is 43.2 Å². The van der Waals surface area contributed by atoms with Crippen molar-refractivity contribution in [3.63, 3.8) is 0 Å². The quantitative estimate of drug-likeness (QED) is 0.829. The summed E-state index contributed by atoms with van der Waals surface area (Å²) in [5.74, 6) is 0.126. The number of carboxylic acid groups (broad SMARTS) is 1. The van der Waals surface area contributed by atoms with Crippen molar-refractivity contribution in [1.29, 1.82) is 0 Å². The van der Waals surface area contributed by atoms with Crippen LogP contribution in [0.15, 0.2) is 12.5 Å². The van der Waals surface area contributed by atoms with Gasteiger partial charge in [0.1, 0.15) is 0 Å². The first-order chi connectivity index (χ1) is 7.66. The zero-order valence-electron chi connectivity index (χ0n) is 9.30. The van der Waals surface area contributed by atoms with E-state index in [0.717, 1.165) is 5.75 Å². The summed E-state index contributed by atoms with van der Waals surface area (Å²) in [6.07, 6.45) is 6.49. The Hall–Kier alpha value is -0.970. The van der Waals surface area contributed by atoms with Crippen LogP contribution in [0, 0.1) is 0 Å². The molecule has 0 bridgehead atoms. The molecule has 0 radical (unpaired) electrons. The van der Waals surface area contributed by atoms with Crippen molar-refractivity contribution in [1.82, 2.24) is 9.55 Å². The van der Waals surface area contributed by atoms with Crippen LogP contribution in [0.25, 0.3) is 0 Å². The van der Waals surface area contributed by atoms with E-state index in [-0.39, 0.29) is 11.7 Å². The summed E-state index contributed by atoms with van der Waals surface area (Å²) >= 11 is 1.68. The molecule has 0 saturated heterocycles. The Kier molecular flexibility index (Phi) is 3.53. The highest BCUT2D eigenvalue weighted by molar-refractivity contribution is 7.99. The normalized spacial score (nSPS) is 17.3. The predicted molar refractivity (Wildman–Crippen MR) is 63.5 cm³/mol. The highest BCUT2D eigenvalue weighted by Crippen LogP contribution is 2.36. The van der Waals surface area contributed by atoms with Gasteiger partial charge in [0.05, 0.1) is 12.7 Å².